The zero-order valence-corrected chi connectivity index (χ0v) is 15.5. The fourth-order valence-corrected chi connectivity index (χ4v) is 1.92. The Labute approximate surface area is 155 Å². The van der Waals surface area contributed by atoms with Crippen LogP contribution in [-0.2, 0) is 6.54 Å². The van der Waals surface area contributed by atoms with Crippen molar-refractivity contribution in [2.45, 2.75) is 6.54 Å². The first-order chi connectivity index (χ1) is 11.0. The summed E-state index contributed by atoms with van der Waals surface area (Å²) >= 11 is 0. The van der Waals surface area contributed by atoms with Crippen LogP contribution in [0, 0.1) is 11.6 Å². The minimum Gasteiger partial charge on any atom is -0.493 e. The molecular weight excluding hydrogens is 431 g/mol. The normalized spacial score (nSPS) is 10.8. The lowest BCUT2D eigenvalue weighted by Gasteiger charge is -2.11. The number of aliphatic imine (C=N–C) groups is 1. The lowest BCUT2D eigenvalue weighted by Crippen LogP contribution is -2.22. The number of hydrogen-bond acceptors (Lipinski definition) is 3. The second-order valence-electron chi connectivity index (χ2n) is 4.64. The van der Waals surface area contributed by atoms with E-state index in [2.05, 4.69) is 10.3 Å². The van der Waals surface area contributed by atoms with E-state index in [1.54, 1.807) is 25.3 Å². The highest BCUT2D eigenvalue weighted by atomic mass is 127. The molecule has 0 aromatic heterocycles. The number of guanidine groups is 1. The number of hydrogen-bond donors (Lipinski definition) is 2. The first-order valence-electron chi connectivity index (χ1n) is 6.76. The van der Waals surface area contributed by atoms with Gasteiger partial charge in [0.25, 0.3) is 0 Å². The minimum absolute atomic E-state index is 0. The summed E-state index contributed by atoms with van der Waals surface area (Å²) in [6.45, 7) is 0.128. The van der Waals surface area contributed by atoms with Crippen LogP contribution in [-0.4, -0.2) is 20.2 Å². The molecule has 0 saturated carbocycles. The quantitative estimate of drug-likeness (QED) is 0.417. The summed E-state index contributed by atoms with van der Waals surface area (Å²) in [6, 6.07) is 8.77. The van der Waals surface area contributed by atoms with Gasteiger partial charge in [-0.05, 0) is 29.8 Å². The molecule has 3 N–H and O–H groups in total. The minimum atomic E-state index is -0.913. The van der Waals surface area contributed by atoms with Gasteiger partial charge in [0.15, 0.2) is 29.1 Å². The maximum absolute atomic E-state index is 13.1. The fourth-order valence-electron chi connectivity index (χ4n) is 1.92. The smallest absolute Gasteiger partial charge is 0.193 e. The predicted octanol–water partition coefficient (Wildman–Crippen LogP) is 3.53. The van der Waals surface area contributed by atoms with E-state index in [0.29, 0.717) is 22.7 Å². The maximum atomic E-state index is 13.1. The lowest BCUT2D eigenvalue weighted by atomic mass is 10.2. The van der Waals surface area contributed by atoms with Gasteiger partial charge in [0, 0.05) is 11.8 Å². The van der Waals surface area contributed by atoms with Crippen molar-refractivity contribution in [3.8, 4) is 11.5 Å². The van der Waals surface area contributed by atoms with Crippen molar-refractivity contribution in [2.24, 2.45) is 10.7 Å². The second kappa shape index (κ2) is 9.26. The Kier molecular flexibility index (Phi) is 7.69. The second-order valence-corrected chi connectivity index (χ2v) is 4.64. The van der Waals surface area contributed by atoms with Gasteiger partial charge in [-0.25, -0.2) is 13.8 Å². The van der Waals surface area contributed by atoms with Crippen LogP contribution in [0.25, 0.3) is 0 Å². The average molecular weight is 449 g/mol. The monoisotopic (exact) mass is 449 g/mol. The molecular formula is C16H18F2IN3O2. The Bertz CT molecular complexity index is 726. The molecule has 0 aliphatic rings. The van der Waals surface area contributed by atoms with Crippen molar-refractivity contribution < 1.29 is 18.3 Å². The highest BCUT2D eigenvalue weighted by molar-refractivity contribution is 14.0. The van der Waals surface area contributed by atoms with Crippen LogP contribution < -0.4 is 20.5 Å². The Morgan fingerprint density at radius 1 is 1.04 bits per heavy atom. The van der Waals surface area contributed by atoms with Gasteiger partial charge in [-0.15, -0.1) is 24.0 Å². The number of nitrogens with zero attached hydrogens (tertiary/aromatic N) is 1. The van der Waals surface area contributed by atoms with Crippen molar-refractivity contribution in [2.75, 3.05) is 19.5 Å². The van der Waals surface area contributed by atoms with Crippen molar-refractivity contribution in [1.82, 2.24) is 0 Å². The van der Waals surface area contributed by atoms with Crippen molar-refractivity contribution in [3.05, 3.63) is 53.6 Å². The Morgan fingerprint density at radius 3 is 2.38 bits per heavy atom. The van der Waals surface area contributed by atoms with Crippen LogP contribution >= 0.6 is 24.0 Å². The molecule has 24 heavy (non-hydrogen) atoms. The van der Waals surface area contributed by atoms with E-state index in [-0.39, 0.29) is 36.5 Å². The third-order valence-electron chi connectivity index (χ3n) is 3.07. The number of benzene rings is 2. The molecule has 0 unspecified atom stereocenters. The molecule has 0 atom stereocenters. The summed E-state index contributed by atoms with van der Waals surface area (Å²) in [7, 11) is 3.07. The van der Waals surface area contributed by atoms with Crippen molar-refractivity contribution >= 4 is 35.6 Å². The van der Waals surface area contributed by atoms with Gasteiger partial charge < -0.3 is 20.5 Å². The van der Waals surface area contributed by atoms with Gasteiger partial charge in [-0.1, -0.05) is 6.07 Å². The van der Waals surface area contributed by atoms with Crippen molar-refractivity contribution in [1.29, 1.82) is 0 Å². The summed E-state index contributed by atoms with van der Waals surface area (Å²) < 4.78 is 36.3. The first-order valence-corrected chi connectivity index (χ1v) is 6.76. The van der Waals surface area contributed by atoms with Crippen LogP contribution in [0.2, 0.25) is 0 Å². The maximum Gasteiger partial charge on any atom is 0.193 e. The number of rotatable bonds is 5. The molecule has 2 aromatic rings. The van der Waals surface area contributed by atoms with Crippen LogP contribution in [0.15, 0.2) is 41.4 Å². The van der Waals surface area contributed by atoms with E-state index in [1.807, 2.05) is 0 Å². The predicted molar refractivity (Wildman–Crippen MR) is 100 cm³/mol. The third kappa shape index (κ3) is 5.22. The molecule has 0 fully saturated rings. The van der Waals surface area contributed by atoms with Gasteiger partial charge in [-0.3, -0.25) is 0 Å². The highest BCUT2D eigenvalue weighted by Crippen LogP contribution is 2.29. The molecule has 0 saturated heterocycles. The van der Waals surface area contributed by atoms with Gasteiger partial charge in [0.05, 0.1) is 20.8 Å². The zero-order chi connectivity index (χ0) is 16.8. The molecule has 5 nitrogen and oxygen atoms in total. The molecule has 0 bridgehead atoms. The number of anilines is 1. The Hall–Kier alpha value is -2.10. The Balaban J connectivity index is 0.00000288. The van der Waals surface area contributed by atoms with Gasteiger partial charge in [-0.2, -0.15) is 0 Å². The summed E-state index contributed by atoms with van der Waals surface area (Å²) in [4.78, 5) is 4.08. The van der Waals surface area contributed by atoms with Gasteiger partial charge >= 0.3 is 0 Å². The largest absolute Gasteiger partial charge is 0.493 e. The first kappa shape index (κ1) is 19.9. The Morgan fingerprint density at radius 2 is 1.75 bits per heavy atom. The summed E-state index contributed by atoms with van der Waals surface area (Å²) in [6.07, 6.45) is 0. The summed E-state index contributed by atoms with van der Waals surface area (Å²) in [5.41, 5.74) is 6.96. The molecule has 2 aromatic carbocycles. The lowest BCUT2D eigenvalue weighted by molar-refractivity contribution is 0.355. The van der Waals surface area contributed by atoms with E-state index in [0.717, 1.165) is 12.1 Å². The molecule has 0 radical (unpaired) electrons. The molecule has 8 heteroatoms. The zero-order valence-electron chi connectivity index (χ0n) is 13.2. The van der Waals surface area contributed by atoms with Gasteiger partial charge in [0.2, 0.25) is 0 Å². The molecule has 0 aliphatic carbocycles. The van der Waals surface area contributed by atoms with E-state index in [9.17, 15) is 8.78 Å². The standard InChI is InChI=1S/C16H17F2N3O2.HI/c1-22-14-6-4-11(8-15(14)23-2)21-16(19)20-9-10-3-5-12(17)13(18)7-10;/h3-8H,9H2,1-2H3,(H3,19,20,21);1H. The average Bonchev–Trinajstić information content (AvgIpc) is 2.55. The van der Waals surface area contributed by atoms with Gasteiger partial charge in [0.1, 0.15) is 0 Å². The molecule has 0 amide bonds. The molecule has 0 spiro atoms. The third-order valence-corrected chi connectivity index (χ3v) is 3.07. The molecule has 0 heterocycles. The van der Waals surface area contributed by atoms with Crippen LogP contribution in [0.5, 0.6) is 11.5 Å². The topological polar surface area (TPSA) is 68.9 Å². The highest BCUT2D eigenvalue weighted by Gasteiger charge is 2.05. The summed E-state index contributed by atoms with van der Waals surface area (Å²) in [5, 5.41) is 2.89. The number of nitrogens with one attached hydrogen (secondary N) is 1. The number of nitrogens with two attached hydrogens (primary N) is 1. The van der Waals surface area contributed by atoms with Crippen LogP contribution in [0.3, 0.4) is 0 Å². The van der Waals surface area contributed by atoms with Crippen molar-refractivity contribution in [3.63, 3.8) is 0 Å². The molecule has 130 valence electrons. The fraction of sp³-hybridized carbons (Fsp3) is 0.188. The van der Waals surface area contributed by atoms with E-state index in [1.165, 1.54) is 13.2 Å². The van der Waals surface area contributed by atoms with E-state index < -0.39 is 11.6 Å². The number of methoxy groups -OCH3 is 2. The molecule has 2 rings (SSSR count). The van der Waals surface area contributed by atoms with E-state index in [4.69, 9.17) is 15.2 Å². The van der Waals surface area contributed by atoms with Crippen LogP contribution in [0.4, 0.5) is 14.5 Å². The SMILES string of the molecule is COc1ccc(NC(N)=NCc2ccc(F)c(F)c2)cc1OC.I. The number of halogens is 3. The van der Waals surface area contributed by atoms with E-state index >= 15 is 0 Å². The number of ether oxygens (including phenoxy) is 2. The van der Waals surface area contributed by atoms with Crippen LogP contribution in [0.1, 0.15) is 5.56 Å². The molecule has 0 aliphatic heterocycles. The summed E-state index contributed by atoms with van der Waals surface area (Å²) in [5.74, 6) is -0.526.